The van der Waals surface area contributed by atoms with E-state index in [0.29, 0.717) is 11.0 Å². The van der Waals surface area contributed by atoms with Crippen LogP contribution in [0.15, 0.2) is 12.3 Å². The summed E-state index contributed by atoms with van der Waals surface area (Å²) in [6.45, 7) is -1.03. The molecule has 1 heterocycles. The molecule has 0 bridgehead atoms. The summed E-state index contributed by atoms with van der Waals surface area (Å²) in [5.41, 5.74) is 0.597. The summed E-state index contributed by atoms with van der Waals surface area (Å²) >= 11 is 3.09. The number of nitrogens with zero attached hydrogens (tertiary/aromatic N) is 2. The second-order valence-electron chi connectivity index (χ2n) is 2.25. The van der Waals surface area contributed by atoms with Crippen molar-refractivity contribution in [2.45, 2.75) is 18.1 Å². The zero-order valence-electron chi connectivity index (χ0n) is 5.98. The van der Waals surface area contributed by atoms with Crippen LogP contribution in [0.3, 0.4) is 0 Å². The van der Waals surface area contributed by atoms with E-state index in [2.05, 4.69) is 21.0 Å². The summed E-state index contributed by atoms with van der Waals surface area (Å²) in [7, 11) is 0. The van der Waals surface area contributed by atoms with Gasteiger partial charge in [0.2, 0.25) is 0 Å². The first-order chi connectivity index (χ1) is 5.51. The van der Waals surface area contributed by atoms with E-state index in [-0.39, 0.29) is 0 Å². The smallest absolute Gasteiger partial charge is 0.263 e. The highest BCUT2D eigenvalue weighted by molar-refractivity contribution is 9.08. The molecule has 6 heteroatoms. The number of aromatic nitrogens is 2. The average molecular weight is 243 g/mol. The number of alkyl halides is 4. The Morgan fingerprint density at radius 3 is 2.58 bits per heavy atom. The molecule has 0 radical (unpaired) electrons. The van der Waals surface area contributed by atoms with Gasteiger partial charge in [-0.2, -0.15) is 18.3 Å². The van der Waals surface area contributed by atoms with Gasteiger partial charge in [-0.05, 0) is 6.07 Å². The van der Waals surface area contributed by atoms with Gasteiger partial charge in [0, 0.05) is 11.5 Å². The zero-order chi connectivity index (χ0) is 9.19. The molecular weight excluding hydrogens is 237 g/mol. The van der Waals surface area contributed by atoms with Crippen molar-refractivity contribution < 1.29 is 13.2 Å². The van der Waals surface area contributed by atoms with Crippen LogP contribution in [0.5, 0.6) is 0 Å². The molecule has 2 nitrogen and oxygen atoms in total. The Morgan fingerprint density at radius 2 is 2.17 bits per heavy atom. The molecule has 0 aliphatic carbocycles. The Bertz CT molecular complexity index is 256. The average Bonchev–Trinajstić information content (AvgIpc) is 2.32. The first-order valence-corrected chi connectivity index (χ1v) is 4.28. The van der Waals surface area contributed by atoms with Crippen molar-refractivity contribution in [3.63, 3.8) is 0 Å². The molecule has 1 aromatic rings. The van der Waals surface area contributed by atoms with Crippen molar-refractivity contribution >= 4 is 15.9 Å². The van der Waals surface area contributed by atoms with Crippen molar-refractivity contribution in [2.75, 3.05) is 0 Å². The normalized spacial score (nSPS) is 12.0. The van der Waals surface area contributed by atoms with E-state index in [1.807, 2.05) is 0 Å². The van der Waals surface area contributed by atoms with Crippen LogP contribution < -0.4 is 0 Å². The molecule has 0 fully saturated rings. The third kappa shape index (κ3) is 2.84. The molecule has 0 spiro atoms. The second-order valence-corrected chi connectivity index (χ2v) is 2.81. The molecule has 12 heavy (non-hydrogen) atoms. The maximum Gasteiger partial charge on any atom is 0.408 e. The van der Waals surface area contributed by atoms with Crippen LogP contribution >= 0.6 is 15.9 Å². The quantitative estimate of drug-likeness (QED) is 0.729. The molecular formula is C6H6BrF3N2. The summed E-state index contributed by atoms with van der Waals surface area (Å²) in [6, 6.07) is 1.54. The number of hydrogen-bond donors (Lipinski definition) is 0. The number of rotatable bonds is 2. The largest absolute Gasteiger partial charge is 0.408 e. The summed E-state index contributed by atoms with van der Waals surface area (Å²) in [4.78, 5) is 0. The Balaban J connectivity index is 2.64. The molecule has 1 rings (SSSR count). The predicted molar refractivity (Wildman–Crippen MR) is 40.9 cm³/mol. The van der Waals surface area contributed by atoms with Crippen molar-refractivity contribution in [1.82, 2.24) is 9.78 Å². The number of hydrogen-bond acceptors (Lipinski definition) is 1. The van der Waals surface area contributed by atoms with E-state index in [1.54, 1.807) is 6.07 Å². The topological polar surface area (TPSA) is 17.8 Å². The van der Waals surface area contributed by atoms with Crippen LogP contribution in [-0.2, 0) is 11.9 Å². The van der Waals surface area contributed by atoms with Gasteiger partial charge in [-0.25, -0.2) is 0 Å². The lowest BCUT2D eigenvalue weighted by Gasteiger charge is -2.04. The van der Waals surface area contributed by atoms with Crippen LogP contribution in [0, 0.1) is 0 Å². The minimum Gasteiger partial charge on any atom is -0.263 e. The predicted octanol–water partition coefficient (Wildman–Crippen LogP) is 2.34. The van der Waals surface area contributed by atoms with E-state index in [1.165, 1.54) is 6.20 Å². The van der Waals surface area contributed by atoms with Crippen LogP contribution in [0.4, 0.5) is 13.2 Å². The molecule has 0 saturated heterocycles. The molecule has 0 atom stereocenters. The van der Waals surface area contributed by atoms with E-state index in [0.717, 1.165) is 4.68 Å². The fourth-order valence-electron chi connectivity index (χ4n) is 0.747. The molecule has 0 aliphatic heterocycles. The van der Waals surface area contributed by atoms with Gasteiger partial charge in [0.1, 0.15) is 6.54 Å². The van der Waals surface area contributed by atoms with Crippen LogP contribution in [0.25, 0.3) is 0 Å². The maximum absolute atomic E-state index is 11.8. The lowest BCUT2D eigenvalue weighted by Crippen LogP contribution is -2.18. The van der Waals surface area contributed by atoms with Crippen LogP contribution in [0.1, 0.15) is 5.69 Å². The molecule has 0 amide bonds. The van der Waals surface area contributed by atoms with Crippen molar-refractivity contribution in [2.24, 2.45) is 0 Å². The Morgan fingerprint density at radius 1 is 1.50 bits per heavy atom. The summed E-state index contributed by atoms with van der Waals surface area (Å²) in [5, 5.41) is 4.13. The molecule has 0 unspecified atom stereocenters. The fraction of sp³-hybridized carbons (Fsp3) is 0.500. The lowest BCUT2D eigenvalue weighted by molar-refractivity contribution is -0.142. The highest BCUT2D eigenvalue weighted by Gasteiger charge is 2.28. The summed E-state index contributed by atoms with van der Waals surface area (Å²) in [5.74, 6) is 0. The molecule has 0 saturated carbocycles. The summed E-state index contributed by atoms with van der Waals surface area (Å²) < 4.78 is 36.2. The third-order valence-corrected chi connectivity index (χ3v) is 1.75. The van der Waals surface area contributed by atoms with Crippen molar-refractivity contribution in [1.29, 1.82) is 0 Å². The van der Waals surface area contributed by atoms with Gasteiger partial charge < -0.3 is 0 Å². The summed E-state index contributed by atoms with van der Waals surface area (Å²) in [6.07, 6.45) is -2.89. The molecule has 0 aliphatic rings. The van der Waals surface area contributed by atoms with Gasteiger partial charge >= 0.3 is 6.18 Å². The standard InChI is InChI=1S/C6H6BrF3N2/c7-3-5-1-2-12(11-5)4-6(8,9)10/h1-2H,3-4H2. The molecule has 68 valence electrons. The molecule has 0 aromatic carbocycles. The monoisotopic (exact) mass is 242 g/mol. The second kappa shape index (κ2) is 3.47. The van der Waals surface area contributed by atoms with Crippen molar-refractivity contribution in [3.8, 4) is 0 Å². The Labute approximate surface area is 75.5 Å². The minimum atomic E-state index is -4.20. The van der Waals surface area contributed by atoms with Crippen LogP contribution in [-0.4, -0.2) is 16.0 Å². The van der Waals surface area contributed by atoms with Gasteiger partial charge in [0.25, 0.3) is 0 Å². The third-order valence-electron chi connectivity index (χ3n) is 1.17. The van der Waals surface area contributed by atoms with Gasteiger partial charge in [0.15, 0.2) is 0 Å². The SMILES string of the molecule is FC(F)(F)Cn1ccc(CBr)n1. The van der Waals surface area contributed by atoms with E-state index < -0.39 is 12.7 Å². The van der Waals surface area contributed by atoms with E-state index in [9.17, 15) is 13.2 Å². The first-order valence-electron chi connectivity index (χ1n) is 3.16. The zero-order valence-corrected chi connectivity index (χ0v) is 7.56. The Kier molecular flexibility index (Phi) is 2.76. The fourth-order valence-corrected chi connectivity index (χ4v) is 1.05. The van der Waals surface area contributed by atoms with Gasteiger partial charge in [-0.3, -0.25) is 4.68 Å². The van der Waals surface area contributed by atoms with E-state index >= 15 is 0 Å². The van der Waals surface area contributed by atoms with E-state index in [4.69, 9.17) is 0 Å². The molecule has 1 aromatic heterocycles. The Hall–Kier alpha value is -0.520. The highest BCUT2D eigenvalue weighted by atomic mass is 79.9. The first kappa shape index (κ1) is 9.57. The van der Waals surface area contributed by atoms with Crippen molar-refractivity contribution in [3.05, 3.63) is 18.0 Å². The van der Waals surface area contributed by atoms with Gasteiger partial charge in [-0.1, -0.05) is 15.9 Å². The van der Waals surface area contributed by atoms with Crippen LogP contribution in [0.2, 0.25) is 0 Å². The minimum absolute atomic E-state index is 0.470. The lowest BCUT2D eigenvalue weighted by atomic mass is 10.5. The van der Waals surface area contributed by atoms with Gasteiger partial charge in [-0.15, -0.1) is 0 Å². The maximum atomic E-state index is 11.8. The van der Waals surface area contributed by atoms with Gasteiger partial charge in [0.05, 0.1) is 5.69 Å². The highest BCUT2D eigenvalue weighted by Crippen LogP contribution is 2.17. The number of halogens is 4. The molecule has 0 N–H and O–H groups in total.